The molecule has 0 saturated heterocycles. The number of halogens is 3. The van der Waals surface area contributed by atoms with Crippen LogP contribution in [0.5, 0.6) is 0 Å². The molecular weight excluding hydrogens is 259 g/mol. The summed E-state index contributed by atoms with van der Waals surface area (Å²) in [6.07, 6.45) is -3.67. The lowest BCUT2D eigenvalue weighted by atomic mass is 10.2. The zero-order chi connectivity index (χ0) is 14.3. The fourth-order valence-corrected chi connectivity index (χ4v) is 1.42. The van der Waals surface area contributed by atoms with Crippen molar-refractivity contribution in [2.75, 3.05) is 25.5 Å². The molecule has 3 N–H and O–H groups in total. The molecule has 0 aliphatic heterocycles. The summed E-state index contributed by atoms with van der Waals surface area (Å²) in [5.41, 5.74) is -0.679. The van der Waals surface area contributed by atoms with Crippen LogP contribution >= 0.6 is 0 Å². The second-order valence-electron chi connectivity index (χ2n) is 3.92. The van der Waals surface area contributed by atoms with Crippen LogP contribution in [0.1, 0.15) is 12.0 Å². The van der Waals surface area contributed by atoms with Gasteiger partial charge in [-0.05, 0) is 38.2 Å². The molecule has 7 heteroatoms. The first kappa shape index (κ1) is 15.3. The van der Waals surface area contributed by atoms with Gasteiger partial charge in [0.1, 0.15) is 0 Å². The van der Waals surface area contributed by atoms with Crippen LogP contribution in [0, 0.1) is 0 Å². The Balaban J connectivity index is 2.50. The molecule has 19 heavy (non-hydrogen) atoms. The van der Waals surface area contributed by atoms with Gasteiger partial charge in [0.2, 0.25) is 0 Å². The molecule has 1 rings (SSSR count). The Morgan fingerprint density at radius 1 is 1.26 bits per heavy atom. The Morgan fingerprint density at radius 2 is 2.00 bits per heavy atom. The van der Waals surface area contributed by atoms with E-state index in [4.69, 9.17) is 0 Å². The van der Waals surface area contributed by atoms with Crippen LogP contribution < -0.4 is 16.0 Å². The maximum absolute atomic E-state index is 12.5. The molecular formula is C12H16F3N3O. The van der Waals surface area contributed by atoms with E-state index in [9.17, 15) is 18.0 Å². The molecule has 0 spiro atoms. The standard InChI is InChI=1S/C12H16F3N3O/c1-16-6-3-7-17-11(19)18-10-5-2-4-9(8-10)12(13,14)15/h2,4-5,8,16H,3,6-7H2,1H3,(H2,17,18,19). The average Bonchev–Trinajstić information content (AvgIpc) is 2.34. The third-order valence-electron chi connectivity index (χ3n) is 2.34. The van der Waals surface area contributed by atoms with Crippen molar-refractivity contribution < 1.29 is 18.0 Å². The number of benzene rings is 1. The number of hydrogen-bond acceptors (Lipinski definition) is 2. The van der Waals surface area contributed by atoms with Gasteiger partial charge in [0, 0.05) is 12.2 Å². The molecule has 1 aromatic rings. The van der Waals surface area contributed by atoms with E-state index in [2.05, 4.69) is 16.0 Å². The number of amides is 2. The molecule has 0 aliphatic carbocycles. The molecule has 2 amide bonds. The summed E-state index contributed by atoms with van der Waals surface area (Å²) < 4.78 is 37.4. The molecule has 1 aromatic carbocycles. The number of hydrogen-bond donors (Lipinski definition) is 3. The highest BCUT2D eigenvalue weighted by molar-refractivity contribution is 5.89. The van der Waals surface area contributed by atoms with Crippen molar-refractivity contribution in [1.29, 1.82) is 0 Å². The number of nitrogens with one attached hydrogen (secondary N) is 3. The lowest BCUT2D eigenvalue weighted by Gasteiger charge is -2.10. The van der Waals surface area contributed by atoms with Gasteiger partial charge in [-0.3, -0.25) is 0 Å². The predicted octanol–water partition coefficient (Wildman–Crippen LogP) is 2.44. The Kier molecular flexibility index (Phi) is 5.62. The van der Waals surface area contributed by atoms with Crippen molar-refractivity contribution in [2.45, 2.75) is 12.6 Å². The Morgan fingerprint density at radius 3 is 2.63 bits per heavy atom. The quantitative estimate of drug-likeness (QED) is 0.723. The summed E-state index contributed by atoms with van der Waals surface area (Å²) in [6, 6.07) is 3.99. The van der Waals surface area contributed by atoms with Gasteiger partial charge in [-0.1, -0.05) is 6.07 Å². The van der Waals surface area contributed by atoms with E-state index in [1.807, 2.05) is 0 Å². The highest BCUT2D eigenvalue weighted by Gasteiger charge is 2.30. The lowest BCUT2D eigenvalue weighted by molar-refractivity contribution is -0.137. The van der Waals surface area contributed by atoms with Crippen LogP contribution in [-0.4, -0.2) is 26.2 Å². The van der Waals surface area contributed by atoms with E-state index in [0.29, 0.717) is 6.54 Å². The van der Waals surface area contributed by atoms with Crippen molar-refractivity contribution in [1.82, 2.24) is 10.6 Å². The Labute approximate surface area is 109 Å². The molecule has 4 nitrogen and oxygen atoms in total. The minimum absolute atomic E-state index is 0.112. The van der Waals surface area contributed by atoms with E-state index in [1.54, 1.807) is 7.05 Å². The molecule has 0 heterocycles. The SMILES string of the molecule is CNCCCNC(=O)Nc1cccc(C(F)(F)F)c1. The maximum Gasteiger partial charge on any atom is 0.416 e. The van der Waals surface area contributed by atoms with Crippen molar-refractivity contribution in [3.8, 4) is 0 Å². The smallest absolute Gasteiger partial charge is 0.338 e. The first-order chi connectivity index (χ1) is 8.93. The van der Waals surface area contributed by atoms with Crippen molar-refractivity contribution >= 4 is 11.7 Å². The summed E-state index contributed by atoms with van der Waals surface area (Å²) in [5, 5.41) is 7.83. The average molecular weight is 275 g/mol. The molecule has 0 unspecified atom stereocenters. The molecule has 0 fully saturated rings. The van der Waals surface area contributed by atoms with Gasteiger partial charge >= 0.3 is 12.2 Å². The largest absolute Gasteiger partial charge is 0.416 e. The minimum atomic E-state index is -4.42. The predicted molar refractivity (Wildman–Crippen MR) is 67.0 cm³/mol. The van der Waals surface area contributed by atoms with Crippen molar-refractivity contribution in [3.05, 3.63) is 29.8 Å². The van der Waals surface area contributed by atoms with E-state index in [-0.39, 0.29) is 5.69 Å². The first-order valence-corrected chi connectivity index (χ1v) is 5.80. The van der Waals surface area contributed by atoms with E-state index in [0.717, 1.165) is 25.1 Å². The summed E-state index contributed by atoms with van der Waals surface area (Å²) in [4.78, 5) is 11.4. The molecule has 0 atom stereocenters. The summed E-state index contributed by atoms with van der Waals surface area (Å²) in [7, 11) is 1.79. The highest BCUT2D eigenvalue weighted by atomic mass is 19.4. The fourth-order valence-electron chi connectivity index (χ4n) is 1.42. The van der Waals surface area contributed by atoms with Crippen molar-refractivity contribution in [3.63, 3.8) is 0 Å². The number of alkyl halides is 3. The molecule has 0 radical (unpaired) electrons. The van der Waals surface area contributed by atoms with Crippen molar-refractivity contribution in [2.24, 2.45) is 0 Å². The van der Waals surface area contributed by atoms with Crippen LogP contribution in [0.4, 0.5) is 23.7 Å². The molecule has 0 saturated carbocycles. The number of urea groups is 1. The van der Waals surface area contributed by atoms with Gasteiger partial charge in [-0.15, -0.1) is 0 Å². The molecule has 0 bridgehead atoms. The van der Waals surface area contributed by atoms with Gasteiger partial charge in [-0.2, -0.15) is 13.2 Å². The molecule has 0 aromatic heterocycles. The summed E-state index contributed by atoms with van der Waals surface area (Å²) in [5.74, 6) is 0. The summed E-state index contributed by atoms with van der Waals surface area (Å²) in [6.45, 7) is 1.20. The first-order valence-electron chi connectivity index (χ1n) is 5.80. The fraction of sp³-hybridized carbons (Fsp3) is 0.417. The monoisotopic (exact) mass is 275 g/mol. The molecule has 106 valence electrons. The minimum Gasteiger partial charge on any atom is -0.338 e. The topological polar surface area (TPSA) is 53.2 Å². The maximum atomic E-state index is 12.5. The number of rotatable bonds is 5. The third kappa shape index (κ3) is 5.60. The van der Waals surface area contributed by atoms with Crippen LogP contribution in [0.15, 0.2) is 24.3 Å². The van der Waals surface area contributed by atoms with Crippen LogP contribution in [0.3, 0.4) is 0 Å². The zero-order valence-corrected chi connectivity index (χ0v) is 10.5. The van der Waals surface area contributed by atoms with Gasteiger partial charge in [-0.25, -0.2) is 4.79 Å². The second-order valence-corrected chi connectivity index (χ2v) is 3.92. The van der Waals surface area contributed by atoms with E-state index < -0.39 is 17.8 Å². The van der Waals surface area contributed by atoms with Crippen LogP contribution in [-0.2, 0) is 6.18 Å². The zero-order valence-electron chi connectivity index (χ0n) is 10.5. The third-order valence-corrected chi connectivity index (χ3v) is 2.34. The normalized spacial score (nSPS) is 11.2. The van der Waals surface area contributed by atoms with Gasteiger partial charge < -0.3 is 16.0 Å². The molecule has 0 aliphatic rings. The lowest BCUT2D eigenvalue weighted by Crippen LogP contribution is -2.30. The van der Waals surface area contributed by atoms with E-state index in [1.165, 1.54) is 12.1 Å². The van der Waals surface area contributed by atoms with Crippen LogP contribution in [0.2, 0.25) is 0 Å². The van der Waals surface area contributed by atoms with Crippen LogP contribution in [0.25, 0.3) is 0 Å². The Bertz CT molecular complexity index is 421. The van der Waals surface area contributed by atoms with Gasteiger partial charge in [0.25, 0.3) is 0 Å². The second kappa shape index (κ2) is 6.98. The number of carbonyl (C=O) groups is 1. The van der Waals surface area contributed by atoms with E-state index >= 15 is 0 Å². The highest BCUT2D eigenvalue weighted by Crippen LogP contribution is 2.30. The van der Waals surface area contributed by atoms with Gasteiger partial charge in [0.05, 0.1) is 5.56 Å². The number of carbonyl (C=O) groups excluding carboxylic acids is 1. The number of anilines is 1. The van der Waals surface area contributed by atoms with Gasteiger partial charge in [0.15, 0.2) is 0 Å². The Hall–Kier alpha value is -1.76. The summed E-state index contributed by atoms with van der Waals surface area (Å²) >= 11 is 0.